The maximum absolute atomic E-state index is 4.56. The smallest absolute Gasteiger partial charge is 0.113 e. The molecule has 0 aliphatic heterocycles. The van der Waals surface area contributed by atoms with Crippen molar-refractivity contribution in [2.45, 2.75) is 6.92 Å². The van der Waals surface area contributed by atoms with E-state index in [0.29, 0.717) is 0 Å². The topological polar surface area (TPSA) is 72.3 Å². The second-order valence-electron chi connectivity index (χ2n) is 5.22. The van der Waals surface area contributed by atoms with Crippen LogP contribution in [0.25, 0.3) is 33.5 Å². The molecule has 6 heteroatoms. The first-order valence-corrected chi connectivity index (χ1v) is 6.99. The number of H-pyrrole nitrogens is 1. The third kappa shape index (κ3) is 2.05. The first-order valence-electron chi connectivity index (χ1n) is 6.99. The molecule has 0 saturated heterocycles. The van der Waals surface area contributed by atoms with Crippen LogP contribution in [0, 0.1) is 6.92 Å². The predicted octanol–water partition coefficient (Wildman–Crippen LogP) is 2.73. The van der Waals surface area contributed by atoms with Crippen LogP contribution in [0.5, 0.6) is 0 Å². The van der Waals surface area contributed by atoms with Crippen LogP contribution in [-0.4, -0.2) is 30.2 Å². The summed E-state index contributed by atoms with van der Waals surface area (Å²) in [6.45, 7) is 1.98. The van der Waals surface area contributed by atoms with E-state index in [4.69, 9.17) is 0 Å². The molecular formula is C16H14N6. The van der Waals surface area contributed by atoms with E-state index in [-0.39, 0.29) is 0 Å². The SMILES string of the molecule is Cc1cccc(-c2[nH]ncc2-c2ccc3nn(C)nc3c2)n1. The molecule has 108 valence electrons. The minimum Gasteiger partial charge on any atom is -0.276 e. The van der Waals surface area contributed by atoms with Gasteiger partial charge in [-0.3, -0.25) is 10.1 Å². The highest BCUT2D eigenvalue weighted by Crippen LogP contribution is 2.30. The van der Waals surface area contributed by atoms with E-state index in [1.54, 1.807) is 4.80 Å². The zero-order valence-electron chi connectivity index (χ0n) is 12.3. The number of pyridine rings is 1. The van der Waals surface area contributed by atoms with Gasteiger partial charge in [-0.25, -0.2) is 0 Å². The minimum absolute atomic E-state index is 0.865. The molecule has 0 aliphatic rings. The van der Waals surface area contributed by atoms with Crippen LogP contribution in [0.4, 0.5) is 0 Å². The molecule has 3 heterocycles. The van der Waals surface area contributed by atoms with E-state index in [9.17, 15) is 0 Å². The first kappa shape index (κ1) is 12.7. The summed E-state index contributed by atoms with van der Waals surface area (Å²) in [6, 6.07) is 12.0. The summed E-state index contributed by atoms with van der Waals surface area (Å²) in [5.41, 5.74) is 6.56. The Kier molecular flexibility index (Phi) is 2.75. The summed E-state index contributed by atoms with van der Waals surface area (Å²) in [5.74, 6) is 0. The number of fused-ring (bicyclic) bond motifs is 1. The molecule has 0 amide bonds. The zero-order chi connectivity index (χ0) is 15.1. The molecule has 6 nitrogen and oxygen atoms in total. The zero-order valence-corrected chi connectivity index (χ0v) is 12.3. The fraction of sp³-hybridized carbons (Fsp3) is 0.125. The van der Waals surface area contributed by atoms with E-state index < -0.39 is 0 Å². The van der Waals surface area contributed by atoms with Gasteiger partial charge in [0.05, 0.1) is 17.6 Å². The molecule has 0 bridgehead atoms. The van der Waals surface area contributed by atoms with Crippen LogP contribution in [0.3, 0.4) is 0 Å². The Morgan fingerprint density at radius 1 is 1.05 bits per heavy atom. The molecule has 0 aliphatic carbocycles. The second kappa shape index (κ2) is 4.77. The Morgan fingerprint density at radius 2 is 1.91 bits per heavy atom. The van der Waals surface area contributed by atoms with Gasteiger partial charge in [-0.05, 0) is 36.8 Å². The lowest BCUT2D eigenvalue weighted by Gasteiger charge is -2.04. The van der Waals surface area contributed by atoms with Crippen molar-refractivity contribution in [1.82, 2.24) is 30.2 Å². The molecule has 0 spiro atoms. The van der Waals surface area contributed by atoms with Gasteiger partial charge in [0.15, 0.2) is 0 Å². The van der Waals surface area contributed by atoms with Crippen LogP contribution in [0.2, 0.25) is 0 Å². The predicted molar refractivity (Wildman–Crippen MR) is 84.1 cm³/mol. The highest BCUT2D eigenvalue weighted by Gasteiger charge is 2.12. The van der Waals surface area contributed by atoms with Crippen molar-refractivity contribution in [1.29, 1.82) is 0 Å². The number of nitrogens with one attached hydrogen (secondary N) is 1. The van der Waals surface area contributed by atoms with Crippen molar-refractivity contribution in [2.75, 3.05) is 0 Å². The van der Waals surface area contributed by atoms with Crippen molar-refractivity contribution in [2.24, 2.45) is 7.05 Å². The van der Waals surface area contributed by atoms with Gasteiger partial charge in [-0.15, -0.1) is 0 Å². The number of nitrogens with zero attached hydrogens (tertiary/aromatic N) is 5. The molecule has 4 aromatic rings. The van der Waals surface area contributed by atoms with Crippen molar-refractivity contribution in [3.8, 4) is 22.5 Å². The van der Waals surface area contributed by atoms with E-state index in [1.165, 1.54) is 0 Å². The lowest BCUT2D eigenvalue weighted by Crippen LogP contribution is -1.90. The second-order valence-corrected chi connectivity index (χ2v) is 5.22. The summed E-state index contributed by atoms with van der Waals surface area (Å²) in [6.07, 6.45) is 1.82. The summed E-state index contributed by atoms with van der Waals surface area (Å²) in [7, 11) is 1.82. The Hall–Kier alpha value is -3.02. The lowest BCUT2D eigenvalue weighted by molar-refractivity contribution is 0.665. The molecule has 0 atom stereocenters. The Bertz CT molecular complexity index is 966. The summed E-state index contributed by atoms with van der Waals surface area (Å²) in [4.78, 5) is 6.14. The average molecular weight is 290 g/mol. The van der Waals surface area contributed by atoms with E-state index in [1.807, 2.05) is 56.6 Å². The summed E-state index contributed by atoms with van der Waals surface area (Å²) < 4.78 is 0. The van der Waals surface area contributed by atoms with Gasteiger partial charge in [0, 0.05) is 18.3 Å². The molecule has 22 heavy (non-hydrogen) atoms. The Labute approximate surface area is 126 Å². The van der Waals surface area contributed by atoms with Crippen molar-refractivity contribution in [3.63, 3.8) is 0 Å². The summed E-state index contributed by atoms with van der Waals surface area (Å²) >= 11 is 0. The largest absolute Gasteiger partial charge is 0.276 e. The highest BCUT2D eigenvalue weighted by molar-refractivity contribution is 5.85. The maximum Gasteiger partial charge on any atom is 0.113 e. The standard InChI is InChI=1S/C16H14N6/c1-10-4-3-5-14(18-10)16-12(9-17-19-16)11-6-7-13-15(8-11)21-22(2)20-13/h3-9H,1-2H3,(H,17,19). The number of benzene rings is 1. The van der Waals surface area contributed by atoms with Crippen LogP contribution in [0.1, 0.15) is 5.69 Å². The van der Waals surface area contributed by atoms with E-state index in [2.05, 4.69) is 25.4 Å². The molecule has 1 N–H and O–H groups in total. The molecule has 0 fully saturated rings. The molecule has 3 aromatic heterocycles. The van der Waals surface area contributed by atoms with Gasteiger partial charge < -0.3 is 0 Å². The number of hydrogen-bond acceptors (Lipinski definition) is 4. The minimum atomic E-state index is 0.865. The number of hydrogen-bond donors (Lipinski definition) is 1. The van der Waals surface area contributed by atoms with Gasteiger partial charge in [-0.2, -0.15) is 20.1 Å². The lowest BCUT2D eigenvalue weighted by atomic mass is 10.0. The third-order valence-corrected chi connectivity index (χ3v) is 3.58. The quantitative estimate of drug-likeness (QED) is 0.616. The monoisotopic (exact) mass is 290 g/mol. The molecule has 4 rings (SSSR count). The first-order chi connectivity index (χ1) is 10.7. The molecular weight excluding hydrogens is 276 g/mol. The van der Waals surface area contributed by atoms with Gasteiger partial charge >= 0.3 is 0 Å². The number of rotatable bonds is 2. The average Bonchev–Trinajstić information content (AvgIpc) is 3.11. The van der Waals surface area contributed by atoms with Gasteiger partial charge in [0.1, 0.15) is 11.0 Å². The number of aromatic nitrogens is 6. The van der Waals surface area contributed by atoms with Gasteiger partial charge in [0.25, 0.3) is 0 Å². The normalized spacial score (nSPS) is 11.2. The van der Waals surface area contributed by atoms with E-state index in [0.717, 1.165) is 39.2 Å². The summed E-state index contributed by atoms with van der Waals surface area (Å²) in [5, 5.41) is 15.9. The highest BCUT2D eigenvalue weighted by atomic mass is 15.4. The van der Waals surface area contributed by atoms with Crippen molar-refractivity contribution in [3.05, 3.63) is 48.3 Å². The number of aryl methyl sites for hydroxylation is 2. The molecule has 1 aromatic carbocycles. The third-order valence-electron chi connectivity index (χ3n) is 3.58. The van der Waals surface area contributed by atoms with Gasteiger partial charge in [-0.1, -0.05) is 12.1 Å². The molecule has 0 radical (unpaired) electrons. The van der Waals surface area contributed by atoms with Crippen LogP contribution in [-0.2, 0) is 7.05 Å². The van der Waals surface area contributed by atoms with Crippen molar-refractivity contribution >= 4 is 11.0 Å². The maximum atomic E-state index is 4.56. The fourth-order valence-electron chi connectivity index (χ4n) is 2.57. The van der Waals surface area contributed by atoms with E-state index >= 15 is 0 Å². The molecule has 0 unspecified atom stereocenters. The van der Waals surface area contributed by atoms with Gasteiger partial charge in [0.2, 0.25) is 0 Å². The fourth-order valence-corrected chi connectivity index (χ4v) is 2.57. The van der Waals surface area contributed by atoms with Crippen LogP contribution in [0.15, 0.2) is 42.6 Å². The number of aromatic amines is 1. The van der Waals surface area contributed by atoms with Crippen LogP contribution < -0.4 is 0 Å². The Morgan fingerprint density at radius 3 is 2.77 bits per heavy atom. The van der Waals surface area contributed by atoms with Crippen molar-refractivity contribution < 1.29 is 0 Å². The Balaban J connectivity index is 1.87. The molecule has 0 saturated carbocycles. The van der Waals surface area contributed by atoms with Crippen LogP contribution >= 0.6 is 0 Å².